The van der Waals surface area contributed by atoms with Crippen LogP contribution >= 0.6 is 0 Å². The lowest BCUT2D eigenvalue weighted by atomic mass is 9.92. The van der Waals surface area contributed by atoms with Crippen molar-refractivity contribution in [1.29, 1.82) is 0 Å². The zero-order chi connectivity index (χ0) is 44.2. The van der Waals surface area contributed by atoms with Crippen molar-refractivity contribution in [2.75, 3.05) is 26.3 Å². The fourth-order valence-electron chi connectivity index (χ4n) is 8.78. The summed E-state index contributed by atoms with van der Waals surface area (Å²) in [6, 6.07) is 0. The fraction of sp³-hybridized carbons (Fsp3) is 0.944. The minimum atomic E-state index is -0.0117. The molecule has 2 unspecified atom stereocenters. The van der Waals surface area contributed by atoms with Crippen LogP contribution in [0.4, 0.5) is 0 Å². The predicted octanol–water partition coefficient (Wildman–Crippen LogP) is 16.7. The molecule has 0 aliphatic rings. The Morgan fingerprint density at radius 2 is 0.683 bits per heavy atom. The SMILES string of the molecule is CCCCCCCCN(CC)C(=O)C(CCCCCCCCC(=O)OCC(CCCC)CCCCCC)CCCCCCCCC(=O)OCC(CCCC)CCCCCC. The molecule has 0 bridgehead atoms. The molecule has 0 heterocycles. The van der Waals surface area contributed by atoms with Crippen molar-refractivity contribution in [3.63, 3.8) is 0 Å². The summed E-state index contributed by atoms with van der Waals surface area (Å²) in [6.45, 7) is 16.3. The van der Waals surface area contributed by atoms with Gasteiger partial charge in [-0.3, -0.25) is 14.4 Å². The van der Waals surface area contributed by atoms with Crippen LogP contribution in [0.2, 0.25) is 0 Å². The van der Waals surface area contributed by atoms with E-state index in [4.69, 9.17) is 9.47 Å². The van der Waals surface area contributed by atoms with Gasteiger partial charge in [0, 0.05) is 31.8 Å². The summed E-state index contributed by atoms with van der Waals surface area (Å²) < 4.78 is 11.5. The quantitative estimate of drug-likeness (QED) is 0.0451. The standard InChI is InChI=1S/C54H105NO5/c1-7-13-18-21-30-37-46-55(12-6)54(58)51(42-33-26-22-24-28-35-44-52(56)59-47-49(38-16-10-4)40-31-19-14-8-2)43-34-27-23-25-29-36-45-53(57)60-48-50(39-17-11-5)41-32-20-15-9-3/h49-51H,7-48H2,1-6H3. The Balaban J connectivity index is 4.61. The van der Waals surface area contributed by atoms with Crippen LogP contribution in [-0.4, -0.2) is 49.0 Å². The van der Waals surface area contributed by atoms with Crippen molar-refractivity contribution in [1.82, 2.24) is 4.90 Å². The van der Waals surface area contributed by atoms with E-state index in [1.807, 2.05) is 0 Å². The molecule has 6 nitrogen and oxygen atoms in total. The Morgan fingerprint density at radius 1 is 0.367 bits per heavy atom. The first-order chi connectivity index (χ1) is 29.4. The van der Waals surface area contributed by atoms with Crippen molar-refractivity contribution < 1.29 is 23.9 Å². The van der Waals surface area contributed by atoms with Crippen molar-refractivity contribution in [3.05, 3.63) is 0 Å². The zero-order valence-corrected chi connectivity index (χ0v) is 41.4. The third kappa shape index (κ3) is 37.0. The maximum absolute atomic E-state index is 13.9. The molecular weight excluding hydrogens is 743 g/mol. The Morgan fingerprint density at radius 3 is 1.08 bits per heavy atom. The van der Waals surface area contributed by atoms with Crippen LogP contribution in [0.1, 0.15) is 286 Å². The average Bonchev–Trinajstić information content (AvgIpc) is 3.25. The number of unbranched alkanes of at least 4 members (excludes halogenated alkanes) is 23. The van der Waals surface area contributed by atoms with E-state index in [0.29, 0.717) is 43.8 Å². The van der Waals surface area contributed by atoms with E-state index in [1.54, 1.807) is 0 Å². The van der Waals surface area contributed by atoms with E-state index in [1.165, 1.54) is 148 Å². The monoisotopic (exact) mass is 848 g/mol. The highest BCUT2D eigenvalue weighted by atomic mass is 16.5. The molecule has 0 radical (unpaired) electrons. The first kappa shape index (κ1) is 58.4. The maximum Gasteiger partial charge on any atom is 0.305 e. The van der Waals surface area contributed by atoms with Crippen LogP contribution in [0, 0.1) is 17.8 Å². The summed E-state index contributed by atoms with van der Waals surface area (Å²) in [6.07, 6.45) is 43.6. The number of hydrogen-bond donors (Lipinski definition) is 0. The van der Waals surface area contributed by atoms with Crippen molar-refractivity contribution >= 4 is 17.8 Å². The lowest BCUT2D eigenvalue weighted by Gasteiger charge is -2.27. The molecule has 0 saturated carbocycles. The molecular formula is C54H105NO5. The fourth-order valence-corrected chi connectivity index (χ4v) is 8.78. The zero-order valence-electron chi connectivity index (χ0n) is 41.4. The Labute approximate surface area is 375 Å². The van der Waals surface area contributed by atoms with Gasteiger partial charge in [-0.05, 0) is 76.5 Å². The Hall–Kier alpha value is -1.59. The molecule has 0 aromatic heterocycles. The molecule has 2 atom stereocenters. The highest BCUT2D eigenvalue weighted by Crippen LogP contribution is 2.24. The van der Waals surface area contributed by atoms with Gasteiger partial charge in [0.15, 0.2) is 0 Å². The second kappa shape index (κ2) is 45.4. The molecule has 0 fully saturated rings. The smallest absolute Gasteiger partial charge is 0.305 e. The number of carbonyl (C=O) groups excluding carboxylic acids is 3. The summed E-state index contributed by atoms with van der Waals surface area (Å²) in [5, 5.41) is 0. The third-order valence-corrected chi connectivity index (χ3v) is 13.0. The Kier molecular flexibility index (Phi) is 44.2. The van der Waals surface area contributed by atoms with Gasteiger partial charge in [-0.1, -0.05) is 208 Å². The molecule has 356 valence electrons. The van der Waals surface area contributed by atoms with Crippen LogP contribution in [0.25, 0.3) is 0 Å². The second-order valence-electron chi connectivity index (χ2n) is 18.8. The molecule has 0 N–H and O–H groups in total. The van der Waals surface area contributed by atoms with Crippen LogP contribution < -0.4 is 0 Å². The molecule has 0 saturated heterocycles. The summed E-state index contributed by atoms with van der Waals surface area (Å²) in [7, 11) is 0. The molecule has 0 aliphatic carbocycles. The highest BCUT2D eigenvalue weighted by molar-refractivity contribution is 5.78. The minimum Gasteiger partial charge on any atom is -0.465 e. The first-order valence-electron chi connectivity index (χ1n) is 27.0. The van der Waals surface area contributed by atoms with Gasteiger partial charge in [-0.15, -0.1) is 0 Å². The average molecular weight is 848 g/mol. The van der Waals surface area contributed by atoms with Gasteiger partial charge in [0.25, 0.3) is 0 Å². The van der Waals surface area contributed by atoms with E-state index >= 15 is 0 Å². The van der Waals surface area contributed by atoms with Crippen LogP contribution in [0.5, 0.6) is 0 Å². The maximum atomic E-state index is 13.9. The lowest BCUT2D eigenvalue weighted by molar-refractivity contribution is -0.146. The largest absolute Gasteiger partial charge is 0.465 e. The molecule has 0 aromatic rings. The van der Waals surface area contributed by atoms with Gasteiger partial charge in [-0.2, -0.15) is 0 Å². The van der Waals surface area contributed by atoms with Crippen LogP contribution in [-0.2, 0) is 23.9 Å². The molecule has 0 spiro atoms. The van der Waals surface area contributed by atoms with Gasteiger partial charge >= 0.3 is 11.9 Å². The normalized spacial score (nSPS) is 13.0. The van der Waals surface area contributed by atoms with Gasteiger partial charge in [0.1, 0.15) is 0 Å². The van der Waals surface area contributed by atoms with Crippen molar-refractivity contribution in [2.45, 2.75) is 286 Å². The molecule has 0 aromatic carbocycles. The van der Waals surface area contributed by atoms with E-state index in [9.17, 15) is 14.4 Å². The van der Waals surface area contributed by atoms with Gasteiger partial charge in [-0.25, -0.2) is 0 Å². The summed E-state index contributed by atoms with van der Waals surface area (Å²) in [5.41, 5.74) is 0. The van der Waals surface area contributed by atoms with Crippen LogP contribution in [0.15, 0.2) is 0 Å². The number of hydrogen-bond acceptors (Lipinski definition) is 5. The number of rotatable bonds is 47. The Bertz CT molecular complexity index is 883. The first-order valence-corrected chi connectivity index (χ1v) is 27.0. The topological polar surface area (TPSA) is 72.9 Å². The van der Waals surface area contributed by atoms with E-state index < -0.39 is 0 Å². The number of ether oxygens (including phenoxy) is 2. The highest BCUT2D eigenvalue weighted by Gasteiger charge is 2.23. The number of carbonyl (C=O) groups is 3. The minimum absolute atomic E-state index is 0.0117. The van der Waals surface area contributed by atoms with E-state index in [-0.39, 0.29) is 17.9 Å². The summed E-state index contributed by atoms with van der Waals surface area (Å²) >= 11 is 0. The van der Waals surface area contributed by atoms with Gasteiger partial charge < -0.3 is 14.4 Å². The molecule has 0 rings (SSSR count). The molecule has 6 heteroatoms. The summed E-state index contributed by atoms with van der Waals surface area (Å²) in [5.74, 6) is 1.55. The molecule has 0 aliphatic heterocycles. The summed E-state index contributed by atoms with van der Waals surface area (Å²) in [4.78, 5) is 41.0. The van der Waals surface area contributed by atoms with Crippen molar-refractivity contribution in [2.24, 2.45) is 17.8 Å². The number of amides is 1. The molecule has 60 heavy (non-hydrogen) atoms. The van der Waals surface area contributed by atoms with Gasteiger partial charge in [0.2, 0.25) is 5.91 Å². The van der Waals surface area contributed by atoms with Gasteiger partial charge in [0.05, 0.1) is 13.2 Å². The van der Waals surface area contributed by atoms with E-state index in [0.717, 1.165) is 96.6 Å². The van der Waals surface area contributed by atoms with E-state index in [2.05, 4.69) is 46.4 Å². The predicted molar refractivity (Wildman–Crippen MR) is 258 cm³/mol. The lowest BCUT2D eigenvalue weighted by Crippen LogP contribution is -2.37. The van der Waals surface area contributed by atoms with Crippen LogP contribution in [0.3, 0.4) is 0 Å². The number of esters is 2. The van der Waals surface area contributed by atoms with Crippen molar-refractivity contribution in [3.8, 4) is 0 Å². The number of nitrogens with zero attached hydrogens (tertiary/aromatic N) is 1. The second-order valence-corrected chi connectivity index (χ2v) is 18.8. The molecule has 1 amide bonds. The third-order valence-electron chi connectivity index (χ3n) is 13.0.